The minimum atomic E-state index is 0. The van der Waals surface area contributed by atoms with Crippen molar-refractivity contribution in [1.29, 1.82) is 0 Å². The largest absolute Gasteiger partial charge is 0.343 e. The fourth-order valence-electron chi connectivity index (χ4n) is 0. The summed E-state index contributed by atoms with van der Waals surface area (Å²) in [4.78, 5) is 0. The van der Waals surface area contributed by atoms with Crippen LogP contribution in [0.1, 0.15) is 79.1 Å². The van der Waals surface area contributed by atoms with Crippen LogP contribution in [0.15, 0.2) is 0 Å². The van der Waals surface area contributed by atoms with Crippen LogP contribution in [-0.2, 0) is 20.4 Å². The van der Waals surface area contributed by atoms with Gasteiger partial charge in [0.2, 0.25) is 0 Å². The van der Waals surface area contributed by atoms with Crippen molar-refractivity contribution in [2.45, 2.75) is 79.1 Å². The van der Waals surface area contributed by atoms with Crippen LogP contribution >= 0.6 is 0 Å². The first-order chi connectivity index (χ1) is 7.66. The Labute approximate surface area is 127 Å². The Morgan fingerprint density at radius 1 is 0.471 bits per heavy atom. The minimum Gasteiger partial charge on any atom is -0.343 e. The molecule has 114 valence electrons. The van der Waals surface area contributed by atoms with Crippen LogP contribution in [0.25, 0.3) is 0 Å². The van der Waals surface area contributed by atoms with E-state index < -0.39 is 0 Å². The van der Waals surface area contributed by atoms with Gasteiger partial charge >= 0.3 is 0 Å². The quantitative estimate of drug-likeness (QED) is 0.407. The number of rotatable bonds is 4. The third-order valence-corrected chi connectivity index (χ3v) is 1.41. The zero-order valence-corrected chi connectivity index (χ0v) is 14.4. The third kappa shape index (κ3) is 165. The van der Waals surface area contributed by atoms with E-state index in [1.54, 1.807) is 0 Å². The smallest absolute Gasteiger partial charge is 0 e. The molecule has 0 spiro atoms. The second kappa shape index (κ2) is 54.5. The molecule has 0 radical (unpaired) electrons. The second-order valence-corrected chi connectivity index (χ2v) is 3.41. The van der Waals surface area contributed by atoms with E-state index in [0.717, 1.165) is 25.7 Å². The molecular weight excluding hydrogens is 299 g/mol. The topological polar surface area (TPSA) is 0 Å². The van der Waals surface area contributed by atoms with Gasteiger partial charge in [-0.25, -0.2) is 0 Å². The molecule has 0 aliphatic rings. The van der Waals surface area contributed by atoms with Crippen molar-refractivity contribution < 1.29 is 20.4 Å². The average Bonchev–Trinajstić information content (AvgIpc) is 2.39. The van der Waals surface area contributed by atoms with Crippen molar-refractivity contribution in [2.75, 3.05) is 0 Å². The average molecular weight is 335 g/mol. The number of hydrogen-bond acceptors (Lipinski definition) is 0. The zero-order valence-electron chi connectivity index (χ0n) is 12.8. The first-order valence-electron chi connectivity index (χ1n) is 6.83. The molecule has 0 rings (SSSR count). The molecule has 0 bridgehead atoms. The molecule has 1 heteroatoms. The number of unbranched alkanes of at least 4 members (excludes halogenated alkanes) is 4. The monoisotopic (exact) mass is 334 g/mol. The normalized spacial score (nSPS) is 7.06. The van der Waals surface area contributed by atoms with Gasteiger partial charge in [0.05, 0.1) is 0 Å². The van der Waals surface area contributed by atoms with E-state index in [1.165, 1.54) is 25.7 Å². The maximum atomic E-state index is 3.60. The van der Waals surface area contributed by atoms with Crippen LogP contribution in [0, 0.1) is 27.7 Å². The van der Waals surface area contributed by atoms with Gasteiger partial charge in [0.1, 0.15) is 0 Å². The van der Waals surface area contributed by atoms with Crippen molar-refractivity contribution in [3.8, 4) is 0 Å². The van der Waals surface area contributed by atoms with E-state index in [-0.39, 0.29) is 20.4 Å². The molecule has 0 saturated heterocycles. The van der Waals surface area contributed by atoms with Crippen molar-refractivity contribution in [2.24, 2.45) is 0 Å². The summed E-state index contributed by atoms with van der Waals surface area (Å²) in [5.74, 6) is 0. The molecule has 0 amide bonds. The Kier molecular flexibility index (Phi) is 98.0. The number of hydrogen-bond donors (Lipinski definition) is 0. The van der Waals surface area contributed by atoms with Crippen LogP contribution in [0.4, 0.5) is 0 Å². The summed E-state index contributed by atoms with van der Waals surface area (Å²) < 4.78 is 0. The van der Waals surface area contributed by atoms with Crippen LogP contribution in [0.2, 0.25) is 0 Å². The van der Waals surface area contributed by atoms with Gasteiger partial charge < -0.3 is 27.7 Å². The Hall–Kier alpha value is 0.662. The third-order valence-electron chi connectivity index (χ3n) is 1.41. The molecule has 17 heavy (non-hydrogen) atoms. The molecule has 0 N–H and O–H groups in total. The molecule has 0 nitrogen and oxygen atoms in total. The molecular formula is C16H36Pd-4. The molecule has 0 aromatic rings. The Bertz CT molecular complexity index is 29.5. The Balaban J connectivity index is -0.0000000369. The first-order valence-corrected chi connectivity index (χ1v) is 6.83. The standard InChI is InChI=1S/4C4H9.Pd/c4*1-3-4-2;/h4*1,3-4H2,2H3;/q4*-1;. The molecule has 0 aromatic carbocycles. The summed E-state index contributed by atoms with van der Waals surface area (Å²) in [7, 11) is 0. The Morgan fingerprint density at radius 2 is 0.529 bits per heavy atom. The molecule has 0 aliphatic heterocycles. The maximum Gasteiger partial charge on any atom is 0 e. The molecule has 0 fully saturated rings. The molecule has 0 saturated carbocycles. The fourth-order valence-corrected chi connectivity index (χ4v) is 0. The molecule has 0 atom stereocenters. The Morgan fingerprint density at radius 3 is 0.529 bits per heavy atom. The van der Waals surface area contributed by atoms with E-state index in [2.05, 4.69) is 55.4 Å². The summed E-state index contributed by atoms with van der Waals surface area (Å²) in [6.07, 6.45) is 9.11. The predicted molar refractivity (Wildman–Crippen MR) is 81.1 cm³/mol. The van der Waals surface area contributed by atoms with Crippen LogP contribution in [0.3, 0.4) is 0 Å². The van der Waals surface area contributed by atoms with Crippen molar-refractivity contribution in [3.63, 3.8) is 0 Å². The van der Waals surface area contributed by atoms with Crippen molar-refractivity contribution in [1.82, 2.24) is 0 Å². The van der Waals surface area contributed by atoms with Crippen LogP contribution in [-0.4, -0.2) is 0 Å². The summed E-state index contributed by atoms with van der Waals surface area (Å²) >= 11 is 0. The minimum absolute atomic E-state index is 0. The predicted octanol–water partition coefficient (Wildman–Crippen LogP) is 6.48. The van der Waals surface area contributed by atoms with Gasteiger partial charge in [-0.05, 0) is 0 Å². The summed E-state index contributed by atoms with van der Waals surface area (Å²) in [6.45, 7) is 22.9. The summed E-state index contributed by atoms with van der Waals surface area (Å²) in [5, 5.41) is 0. The van der Waals surface area contributed by atoms with Gasteiger partial charge in [-0.1, -0.05) is 53.4 Å². The fraction of sp³-hybridized carbons (Fsp3) is 0.750. The molecule has 0 heterocycles. The van der Waals surface area contributed by atoms with E-state index >= 15 is 0 Å². The van der Waals surface area contributed by atoms with Gasteiger partial charge in [0.25, 0.3) is 0 Å². The van der Waals surface area contributed by atoms with Gasteiger partial charge in [-0.15, -0.1) is 0 Å². The van der Waals surface area contributed by atoms with Gasteiger partial charge in [0, 0.05) is 20.4 Å². The van der Waals surface area contributed by atoms with Crippen molar-refractivity contribution in [3.05, 3.63) is 27.7 Å². The molecule has 0 unspecified atom stereocenters. The van der Waals surface area contributed by atoms with E-state index in [9.17, 15) is 0 Å². The summed E-state index contributed by atoms with van der Waals surface area (Å²) in [6, 6.07) is 0. The second-order valence-electron chi connectivity index (χ2n) is 3.41. The van der Waals surface area contributed by atoms with E-state index in [0.29, 0.717) is 0 Å². The molecule has 0 aromatic heterocycles. The van der Waals surface area contributed by atoms with Crippen LogP contribution in [0.5, 0.6) is 0 Å². The van der Waals surface area contributed by atoms with Crippen molar-refractivity contribution >= 4 is 0 Å². The van der Waals surface area contributed by atoms with Gasteiger partial charge in [-0.3, -0.25) is 0 Å². The zero-order chi connectivity index (χ0) is 13.7. The van der Waals surface area contributed by atoms with Gasteiger partial charge in [-0.2, -0.15) is 25.7 Å². The van der Waals surface area contributed by atoms with E-state index in [4.69, 9.17) is 0 Å². The van der Waals surface area contributed by atoms with E-state index in [1.807, 2.05) is 0 Å². The molecule has 0 aliphatic carbocycles. The van der Waals surface area contributed by atoms with Gasteiger partial charge in [0.15, 0.2) is 0 Å². The summed E-state index contributed by atoms with van der Waals surface area (Å²) in [5.41, 5.74) is 0. The maximum absolute atomic E-state index is 3.60. The van der Waals surface area contributed by atoms with Crippen LogP contribution < -0.4 is 0 Å². The SMILES string of the molecule is [CH2-]CCC.[CH2-]CCC.[CH2-]CCC.[CH2-]CCC.[Pd]. The first kappa shape index (κ1) is 30.6.